The number of H-pyrrole nitrogens is 1. The van der Waals surface area contributed by atoms with Crippen molar-refractivity contribution in [2.75, 3.05) is 0 Å². The predicted molar refractivity (Wildman–Crippen MR) is 69.9 cm³/mol. The third-order valence-electron chi connectivity index (χ3n) is 2.38. The summed E-state index contributed by atoms with van der Waals surface area (Å²) >= 11 is 0. The SMILES string of the molecule is NS(=O)(=O)c1ccc(CN=Cc2ccc[nH]2)cc1. The summed E-state index contributed by atoms with van der Waals surface area (Å²) in [6, 6.07) is 10.2. The molecule has 0 saturated heterocycles. The molecule has 0 aliphatic heterocycles. The van der Waals surface area contributed by atoms with Gasteiger partial charge in [0.15, 0.2) is 0 Å². The Bertz CT molecular complexity index is 628. The van der Waals surface area contributed by atoms with Gasteiger partial charge < -0.3 is 4.98 Å². The lowest BCUT2D eigenvalue weighted by molar-refractivity contribution is 0.598. The van der Waals surface area contributed by atoms with Crippen molar-refractivity contribution in [2.24, 2.45) is 10.1 Å². The second kappa shape index (κ2) is 5.16. The molecular formula is C12H13N3O2S. The van der Waals surface area contributed by atoms with Crippen LogP contribution in [0.15, 0.2) is 52.5 Å². The highest BCUT2D eigenvalue weighted by molar-refractivity contribution is 7.89. The Morgan fingerprint density at radius 1 is 1.22 bits per heavy atom. The number of aromatic nitrogens is 1. The lowest BCUT2D eigenvalue weighted by atomic mass is 10.2. The third kappa shape index (κ3) is 3.28. The minimum absolute atomic E-state index is 0.111. The summed E-state index contributed by atoms with van der Waals surface area (Å²) in [5.41, 5.74) is 1.85. The van der Waals surface area contributed by atoms with Gasteiger partial charge in [-0.2, -0.15) is 0 Å². The van der Waals surface area contributed by atoms with Crippen molar-refractivity contribution in [3.05, 3.63) is 53.9 Å². The standard InChI is InChI=1S/C12H13N3O2S/c13-18(16,17)12-5-3-10(4-6-12)8-14-9-11-2-1-7-15-11/h1-7,9,15H,8H2,(H2,13,16,17). The van der Waals surface area contributed by atoms with Crippen LogP contribution >= 0.6 is 0 Å². The van der Waals surface area contributed by atoms with Crippen molar-refractivity contribution >= 4 is 16.2 Å². The molecule has 3 N–H and O–H groups in total. The molecule has 0 atom stereocenters. The number of nitrogens with zero attached hydrogens (tertiary/aromatic N) is 1. The van der Waals surface area contributed by atoms with Crippen LogP contribution in [0.5, 0.6) is 0 Å². The van der Waals surface area contributed by atoms with Gasteiger partial charge in [-0.3, -0.25) is 4.99 Å². The summed E-state index contributed by atoms with van der Waals surface area (Å²) in [6.07, 6.45) is 3.55. The number of sulfonamides is 1. The molecule has 0 aliphatic rings. The van der Waals surface area contributed by atoms with Crippen molar-refractivity contribution in [1.29, 1.82) is 0 Å². The van der Waals surface area contributed by atoms with Gasteiger partial charge in [-0.1, -0.05) is 12.1 Å². The van der Waals surface area contributed by atoms with Crippen LogP contribution < -0.4 is 5.14 Å². The highest BCUT2D eigenvalue weighted by Gasteiger charge is 2.05. The van der Waals surface area contributed by atoms with E-state index in [2.05, 4.69) is 9.98 Å². The Kier molecular flexibility index (Phi) is 3.59. The molecule has 0 radical (unpaired) electrons. The second-order valence-corrected chi connectivity index (χ2v) is 5.35. The molecule has 1 aromatic carbocycles. The number of hydrogen-bond donors (Lipinski definition) is 2. The smallest absolute Gasteiger partial charge is 0.238 e. The van der Waals surface area contributed by atoms with Gasteiger partial charge in [-0.05, 0) is 29.8 Å². The van der Waals surface area contributed by atoms with Gasteiger partial charge in [-0.15, -0.1) is 0 Å². The molecule has 18 heavy (non-hydrogen) atoms. The fourth-order valence-corrected chi connectivity index (χ4v) is 1.97. The van der Waals surface area contributed by atoms with Crippen LogP contribution in [-0.2, 0) is 16.6 Å². The minimum Gasteiger partial charge on any atom is -0.360 e. The summed E-state index contributed by atoms with van der Waals surface area (Å²) in [5, 5.41) is 5.01. The van der Waals surface area contributed by atoms with Crippen LogP contribution in [0.2, 0.25) is 0 Å². The van der Waals surface area contributed by atoms with E-state index in [0.29, 0.717) is 6.54 Å². The fourth-order valence-electron chi connectivity index (χ4n) is 1.46. The lowest BCUT2D eigenvalue weighted by Crippen LogP contribution is -2.11. The molecule has 94 valence electrons. The summed E-state index contributed by atoms with van der Waals surface area (Å²) in [4.78, 5) is 7.36. The van der Waals surface area contributed by atoms with Crippen molar-refractivity contribution in [1.82, 2.24) is 4.98 Å². The molecule has 1 heterocycles. The molecule has 2 aromatic rings. The van der Waals surface area contributed by atoms with Crippen molar-refractivity contribution < 1.29 is 8.42 Å². The highest BCUT2D eigenvalue weighted by atomic mass is 32.2. The van der Waals surface area contributed by atoms with Gasteiger partial charge in [0.25, 0.3) is 0 Å². The topological polar surface area (TPSA) is 88.3 Å². The number of hydrogen-bond acceptors (Lipinski definition) is 3. The number of benzene rings is 1. The first-order valence-electron chi connectivity index (χ1n) is 5.31. The predicted octanol–water partition coefficient (Wildman–Crippen LogP) is 1.28. The van der Waals surface area contributed by atoms with E-state index in [9.17, 15) is 8.42 Å². The highest BCUT2D eigenvalue weighted by Crippen LogP contribution is 2.09. The summed E-state index contributed by atoms with van der Waals surface area (Å²) in [7, 11) is -3.62. The Morgan fingerprint density at radius 3 is 2.50 bits per heavy atom. The van der Waals surface area contributed by atoms with E-state index in [1.54, 1.807) is 18.3 Å². The molecule has 0 spiro atoms. The first kappa shape index (κ1) is 12.5. The van der Waals surface area contributed by atoms with Crippen LogP contribution in [0.1, 0.15) is 11.3 Å². The van der Waals surface area contributed by atoms with Crippen molar-refractivity contribution in [3.8, 4) is 0 Å². The van der Waals surface area contributed by atoms with Gasteiger partial charge in [0, 0.05) is 12.4 Å². The van der Waals surface area contributed by atoms with E-state index >= 15 is 0 Å². The molecule has 0 bridgehead atoms. The number of aromatic amines is 1. The number of rotatable bonds is 4. The maximum absolute atomic E-state index is 11.1. The molecule has 6 heteroatoms. The monoisotopic (exact) mass is 263 g/mol. The molecular weight excluding hydrogens is 250 g/mol. The van der Waals surface area contributed by atoms with E-state index in [4.69, 9.17) is 5.14 Å². The molecule has 2 rings (SSSR count). The number of nitrogens with two attached hydrogens (primary N) is 1. The Labute approximate surface area is 105 Å². The molecule has 5 nitrogen and oxygen atoms in total. The first-order chi connectivity index (χ1) is 8.55. The largest absolute Gasteiger partial charge is 0.360 e. The van der Waals surface area contributed by atoms with E-state index < -0.39 is 10.0 Å². The van der Waals surface area contributed by atoms with Gasteiger partial charge in [0.2, 0.25) is 10.0 Å². The van der Waals surface area contributed by atoms with Crippen LogP contribution in [0.3, 0.4) is 0 Å². The number of aliphatic imine (C=N–C) groups is 1. The Hall–Kier alpha value is -1.92. The summed E-state index contributed by atoms with van der Waals surface area (Å²) in [6.45, 7) is 0.490. The van der Waals surface area contributed by atoms with Crippen LogP contribution in [0.25, 0.3) is 0 Å². The van der Waals surface area contributed by atoms with E-state index in [1.165, 1.54) is 12.1 Å². The van der Waals surface area contributed by atoms with E-state index in [0.717, 1.165) is 11.3 Å². The zero-order valence-corrected chi connectivity index (χ0v) is 10.4. The lowest BCUT2D eigenvalue weighted by Gasteiger charge is -1.99. The molecule has 0 fully saturated rings. The summed E-state index contributed by atoms with van der Waals surface area (Å²) in [5.74, 6) is 0. The van der Waals surface area contributed by atoms with Gasteiger partial charge in [0.05, 0.1) is 17.1 Å². The van der Waals surface area contributed by atoms with Gasteiger partial charge in [0.1, 0.15) is 0 Å². The molecule has 0 saturated carbocycles. The average molecular weight is 263 g/mol. The zero-order chi connectivity index (χ0) is 13.0. The van der Waals surface area contributed by atoms with Gasteiger partial charge >= 0.3 is 0 Å². The third-order valence-corrected chi connectivity index (χ3v) is 3.31. The zero-order valence-electron chi connectivity index (χ0n) is 9.58. The van der Waals surface area contributed by atoms with Crippen molar-refractivity contribution in [2.45, 2.75) is 11.4 Å². The Morgan fingerprint density at radius 2 is 1.94 bits per heavy atom. The second-order valence-electron chi connectivity index (χ2n) is 3.78. The number of primary sulfonamides is 1. The van der Waals surface area contributed by atoms with Crippen LogP contribution in [0, 0.1) is 0 Å². The molecule has 0 amide bonds. The average Bonchev–Trinajstić information content (AvgIpc) is 2.82. The first-order valence-corrected chi connectivity index (χ1v) is 6.85. The van der Waals surface area contributed by atoms with Crippen LogP contribution in [-0.4, -0.2) is 19.6 Å². The Balaban J connectivity index is 2.03. The molecule has 0 unspecified atom stereocenters. The maximum atomic E-state index is 11.1. The molecule has 0 aliphatic carbocycles. The minimum atomic E-state index is -3.62. The number of nitrogens with one attached hydrogen (secondary N) is 1. The summed E-state index contributed by atoms with van der Waals surface area (Å²) < 4.78 is 22.1. The molecule has 1 aromatic heterocycles. The van der Waals surface area contributed by atoms with Crippen LogP contribution in [0.4, 0.5) is 0 Å². The van der Waals surface area contributed by atoms with Gasteiger partial charge in [-0.25, -0.2) is 13.6 Å². The van der Waals surface area contributed by atoms with E-state index in [1.807, 2.05) is 18.3 Å². The normalized spacial score (nSPS) is 12.1. The fraction of sp³-hybridized carbons (Fsp3) is 0.0833. The van der Waals surface area contributed by atoms with Crippen molar-refractivity contribution in [3.63, 3.8) is 0 Å². The van der Waals surface area contributed by atoms with E-state index in [-0.39, 0.29) is 4.90 Å². The quantitative estimate of drug-likeness (QED) is 0.814. The maximum Gasteiger partial charge on any atom is 0.238 e.